The normalized spacial score (nSPS) is 14.5. The third kappa shape index (κ3) is 4.14. The Morgan fingerprint density at radius 2 is 1.77 bits per heavy atom. The van der Waals surface area contributed by atoms with Gasteiger partial charge in [-0.2, -0.15) is 0 Å². The molecule has 1 fully saturated rings. The molecule has 0 saturated carbocycles. The van der Waals surface area contributed by atoms with Gasteiger partial charge in [-0.1, -0.05) is 30.3 Å². The molecule has 1 N–H and O–H groups in total. The molecule has 0 unspecified atom stereocenters. The van der Waals surface area contributed by atoms with E-state index in [1.807, 2.05) is 35.2 Å². The molecule has 3 rings (SSSR count). The highest BCUT2D eigenvalue weighted by Crippen LogP contribution is 2.20. The van der Waals surface area contributed by atoms with Gasteiger partial charge < -0.3 is 19.9 Å². The van der Waals surface area contributed by atoms with E-state index in [-0.39, 0.29) is 11.8 Å². The smallest absolute Gasteiger partial charge is 0.321 e. The topological polar surface area (TPSA) is 44.8 Å². The molecule has 0 radical (unpaired) electrons. The third-order valence-electron chi connectivity index (χ3n) is 4.37. The van der Waals surface area contributed by atoms with E-state index in [0.29, 0.717) is 31.9 Å². The fraction of sp³-hybridized carbons (Fsp3) is 0.250. The number of para-hydroxylation sites is 2. The Morgan fingerprint density at radius 1 is 1.08 bits per heavy atom. The largest absolute Gasteiger partial charge is 0.496 e. The van der Waals surface area contributed by atoms with Crippen LogP contribution in [0.1, 0.15) is 5.56 Å². The molecule has 1 saturated heterocycles. The Kier molecular flexibility index (Phi) is 5.73. The van der Waals surface area contributed by atoms with Crippen LogP contribution in [0, 0.1) is 5.82 Å². The van der Waals surface area contributed by atoms with Gasteiger partial charge in [-0.05, 0) is 24.3 Å². The molecule has 0 aromatic heterocycles. The molecule has 5 nitrogen and oxygen atoms in total. The third-order valence-corrected chi connectivity index (χ3v) is 4.37. The van der Waals surface area contributed by atoms with Gasteiger partial charge in [0.1, 0.15) is 11.6 Å². The summed E-state index contributed by atoms with van der Waals surface area (Å²) >= 11 is 0. The highest BCUT2D eigenvalue weighted by atomic mass is 19.1. The number of anilines is 1. The minimum atomic E-state index is -0.231. The maximum absolute atomic E-state index is 13.9. The summed E-state index contributed by atoms with van der Waals surface area (Å²) in [5.74, 6) is 0.515. The first-order valence-electron chi connectivity index (χ1n) is 8.53. The second-order valence-corrected chi connectivity index (χ2v) is 5.95. The van der Waals surface area contributed by atoms with Crippen LogP contribution in [0.5, 0.6) is 5.75 Å². The maximum Gasteiger partial charge on any atom is 0.321 e. The van der Waals surface area contributed by atoms with Crippen molar-refractivity contribution in [3.05, 3.63) is 66.1 Å². The SMILES string of the molecule is COc1ccccc1/C=C/NC(=O)N1CCN(c2ccccc2F)CC1. The summed E-state index contributed by atoms with van der Waals surface area (Å²) in [4.78, 5) is 16.0. The minimum Gasteiger partial charge on any atom is -0.496 e. The zero-order chi connectivity index (χ0) is 18.4. The molecule has 1 aliphatic heterocycles. The van der Waals surface area contributed by atoms with Gasteiger partial charge in [0.2, 0.25) is 0 Å². The quantitative estimate of drug-likeness (QED) is 0.915. The van der Waals surface area contributed by atoms with Crippen molar-refractivity contribution in [3.8, 4) is 5.75 Å². The second kappa shape index (κ2) is 8.38. The highest BCUT2D eigenvalue weighted by molar-refractivity contribution is 5.76. The summed E-state index contributed by atoms with van der Waals surface area (Å²) in [7, 11) is 1.61. The number of amides is 2. The van der Waals surface area contributed by atoms with Crippen LogP contribution >= 0.6 is 0 Å². The molecule has 6 heteroatoms. The van der Waals surface area contributed by atoms with Crippen LogP contribution in [0.4, 0.5) is 14.9 Å². The predicted molar refractivity (Wildman–Crippen MR) is 101 cm³/mol. The van der Waals surface area contributed by atoms with Crippen LogP contribution in [0.25, 0.3) is 6.08 Å². The number of nitrogens with zero attached hydrogens (tertiary/aromatic N) is 2. The molecule has 1 heterocycles. The number of ether oxygens (including phenoxy) is 1. The average Bonchev–Trinajstić information content (AvgIpc) is 2.69. The van der Waals surface area contributed by atoms with Crippen molar-refractivity contribution in [2.75, 3.05) is 38.2 Å². The summed E-state index contributed by atoms with van der Waals surface area (Å²) in [6, 6.07) is 14.1. The number of hydrogen-bond donors (Lipinski definition) is 1. The zero-order valence-electron chi connectivity index (χ0n) is 14.7. The summed E-state index contributed by atoms with van der Waals surface area (Å²) in [6.07, 6.45) is 3.41. The van der Waals surface area contributed by atoms with E-state index in [1.165, 1.54) is 6.07 Å². The van der Waals surface area contributed by atoms with Gasteiger partial charge in [-0.15, -0.1) is 0 Å². The van der Waals surface area contributed by atoms with Crippen molar-refractivity contribution < 1.29 is 13.9 Å². The first kappa shape index (κ1) is 17.8. The molecular weight excluding hydrogens is 333 g/mol. The lowest BCUT2D eigenvalue weighted by atomic mass is 10.2. The summed E-state index contributed by atoms with van der Waals surface area (Å²) in [5.41, 5.74) is 1.48. The number of nitrogens with one attached hydrogen (secondary N) is 1. The monoisotopic (exact) mass is 355 g/mol. The van der Waals surface area contributed by atoms with Crippen molar-refractivity contribution in [1.82, 2.24) is 10.2 Å². The number of piperazine rings is 1. The van der Waals surface area contributed by atoms with Crippen LogP contribution in [-0.4, -0.2) is 44.2 Å². The fourth-order valence-electron chi connectivity index (χ4n) is 2.96. The lowest BCUT2D eigenvalue weighted by molar-refractivity contribution is 0.198. The van der Waals surface area contributed by atoms with Crippen molar-refractivity contribution in [3.63, 3.8) is 0 Å². The number of benzene rings is 2. The van der Waals surface area contributed by atoms with E-state index in [0.717, 1.165) is 11.3 Å². The van der Waals surface area contributed by atoms with Gasteiger partial charge in [0.05, 0.1) is 12.8 Å². The molecule has 136 valence electrons. The standard InChI is InChI=1S/C20H22FN3O2/c1-26-19-9-5-2-6-16(19)10-11-22-20(25)24-14-12-23(13-15-24)18-8-4-3-7-17(18)21/h2-11H,12-15H2,1H3,(H,22,25)/b11-10+. The van der Waals surface area contributed by atoms with Gasteiger partial charge >= 0.3 is 6.03 Å². The number of methoxy groups -OCH3 is 1. The Balaban J connectivity index is 1.52. The van der Waals surface area contributed by atoms with Crippen molar-refractivity contribution >= 4 is 17.8 Å². The number of rotatable bonds is 4. The van der Waals surface area contributed by atoms with Crippen LogP contribution in [-0.2, 0) is 0 Å². The number of urea groups is 1. The van der Waals surface area contributed by atoms with Gasteiger partial charge in [-0.25, -0.2) is 9.18 Å². The first-order valence-corrected chi connectivity index (χ1v) is 8.53. The van der Waals surface area contributed by atoms with Gasteiger partial charge in [-0.3, -0.25) is 0 Å². The second-order valence-electron chi connectivity index (χ2n) is 5.95. The predicted octanol–water partition coefficient (Wildman–Crippen LogP) is 3.34. The van der Waals surface area contributed by atoms with E-state index >= 15 is 0 Å². The molecule has 2 amide bonds. The highest BCUT2D eigenvalue weighted by Gasteiger charge is 2.22. The van der Waals surface area contributed by atoms with E-state index in [1.54, 1.807) is 36.4 Å². The average molecular weight is 355 g/mol. The van der Waals surface area contributed by atoms with Crippen molar-refractivity contribution in [2.45, 2.75) is 0 Å². The summed E-state index contributed by atoms with van der Waals surface area (Å²) in [5, 5.41) is 2.78. The van der Waals surface area contributed by atoms with E-state index in [9.17, 15) is 9.18 Å². The van der Waals surface area contributed by atoms with Gasteiger partial charge in [0, 0.05) is 37.9 Å². The summed E-state index contributed by atoms with van der Waals surface area (Å²) in [6.45, 7) is 2.29. The molecule has 0 aliphatic carbocycles. The fourth-order valence-corrected chi connectivity index (χ4v) is 2.96. The van der Waals surface area contributed by atoms with Crippen molar-refractivity contribution in [2.24, 2.45) is 0 Å². The lowest BCUT2D eigenvalue weighted by Crippen LogP contribution is -2.51. The Hall–Kier alpha value is -3.02. The summed E-state index contributed by atoms with van der Waals surface area (Å²) < 4.78 is 19.1. The van der Waals surface area contributed by atoms with E-state index < -0.39 is 0 Å². The molecule has 2 aromatic rings. The number of carbonyl (C=O) groups excluding carboxylic acids is 1. The molecule has 26 heavy (non-hydrogen) atoms. The first-order chi connectivity index (χ1) is 12.7. The zero-order valence-corrected chi connectivity index (χ0v) is 14.7. The molecule has 2 aromatic carbocycles. The molecule has 0 spiro atoms. The maximum atomic E-state index is 13.9. The molecule has 0 bridgehead atoms. The lowest BCUT2D eigenvalue weighted by Gasteiger charge is -2.35. The van der Waals surface area contributed by atoms with Crippen LogP contribution in [0.2, 0.25) is 0 Å². The number of halogens is 1. The Bertz CT molecular complexity index is 786. The molecular formula is C20H22FN3O2. The van der Waals surface area contributed by atoms with Crippen LogP contribution < -0.4 is 15.0 Å². The van der Waals surface area contributed by atoms with E-state index in [2.05, 4.69) is 5.32 Å². The Morgan fingerprint density at radius 3 is 2.50 bits per heavy atom. The van der Waals surface area contributed by atoms with E-state index in [4.69, 9.17) is 4.74 Å². The molecule has 0 atom stereocenters. The Labute approximate surface area is 152 Å². The number of carbonyl (C=O) groups is 1. The van der Waals surface area contributed by atoms with Crippen LogP contribution in [0.3, 0.4) is 0 Å². The van der Waals surface area contributed by atoms with Gasteiger partial charge in [0.25, 0.3) is 0 Å². The van der Waals surface area contributed by atoms with Crippen molar-refractivity contribution in [1.29, 1.82) is 0 Å². The van der Waals surface area contributed by atoms with Gasteiger partial charge in [0.15, 0.2) is 0 Å². The molecule has 1 aliphatic rings. The number of hydrogen-bond acceptors (Lipinski definition) is 3. The minimum absolute atomic E-state index is 0.163. The van der Waals surface area contributed by atoms with Crippen LogP contribution in [0.15, 0.2) is 54.7 Å².